The van der Waals surface area contributed by atoms with E-state index in [9.17, 15) is 9.59 Å². The summed E-state index contributed by atoms with van der Waals surface area (Å²) < 4.78 is 0. The summed E-state index contributed by atoms with van der Waals surface area (Å²) in [6.07, 6.45) is 1.36. The average molecular weight is 185 g/mol. The van der Waals surface area contributed by atoms with Gasteiger partial charge in [-0.15, -0.1) is 0 Å². The van der Waals surface area contributed by atoms with Crippen LogP contribution in [-0.2, 0) is 9.59 Å². The Morgan fingerprint density at radius 3 is 3.00 bits per heavy atom. The van der Waals surface area contributed by atoms with Gasteiger partial charge in [0.05, 0.1) is 6.54 Å². The Balaban J connectivity index is 2.15. The van der Waals surface area contributed by atoms with Gasteiger partial charge in [0, 0.05) is 26.1 Å². The number of rotatable bonds is 3. The van der Waals surface area contributed by atoms with Crippen LogP contribution in [-0.4, -0.2) is 38.0 Å². The molecule has 1 aliphatic rings. The van der Waals surface area contributed by atoms with Gasteiger partial charge >= 0.3 is 0 Å². The van der Waals surface area contributed by atoms with Crippen LogP contribution in [0.2, 0.25) is 0 Å². The molecule has 1 unspecified atom stereocenters. The zero-order valence-electron chi connectivity index (χ0n) is 7.72. The minimum Gasteiger partial charge on any atom is -0.358 e. The van der Waals surface area contributed by atoms with E-state index in [1.54, 1.807) is 7.05 Å². The Hall–Kier alpha value is -1.10. The van der Waals surface area contributed by atoms with Crippen LogP contribution in [0.1, 0.15) is 12.8 Å². The average Bonchev–Trinajstić information content (AvgIpc) is 2.16. The van der Waals surface area contributed by atoms with Crippen LogP contribution in [0.5, 0.6) is 0 Å². The van der Waals surface area contributed by atoms with Gasteiger partial charge < -0.3 is 16.0 Å². The first kappa shape index (κ1) is 9.98. The van der Waals surface area contributed by atoms with Crippen molar-refractivity contribution in [1.29, 1.82) is 0 Å². The van der Waals surface area contributed by atoms with Crippen molar-refractivity contribution in [2.75, 3.05) is 20.1 Å². The summed E-state index contributed by atoms with van der Waals surface area (Å²) in [4.78, 5) is 21.6. The highest BCUT2D eigenvalue weighted by Gasteiger charge is 2.17. The second-order valence-electron chi connectivity index (χ2n) is 3.09. The van der Waals surface area contributed by atoms with E-state index in [0.717, 1.165) is 6.42 Å². The molecule has 0 aromatic rings. The van der Waals surface area contributed by atoms with Crippen molar-refractivity contribution < 1.29 is 9.59 Å². The van der Waals surface area contributed by atoms with Crippen molar-refractivity contribution in [3.63, 3.8) is 0 Å². The SMILES string of the molecule is CNC(=O)CNC1CCC(=O)NC1. The lowest BCUT2D eigenvalue weighted by Crippen LogP contribution is -2.48. The molecule has 13 heavy (non-hydrogen) atoms. The molecule has 1 saturated heterocycles. The summed E-state index contributed by atoms with van der Waals surface area (Å²) in [6, 6.07) is 0.231. The molecule has 0 bridgehead atoms. The molecular formula is C8H15N3O2. The third-order valence-corrected chi connectivity index (χ3v) is 2.10. The van der Waals surface area contributed by atoms with Crippen molar-refractivity contribution in [3.8, 4) is 0 Å². The van der Waals surface area contributed by atoms with Crippen molar-refractivity contribution in [3.05, 3.63) is 0 Å². The summed E-state index contributed by atoms with van der Waals surface area (Å²) in [5.74, 6) is 0.0647. The highest BCUT2D eigenvalue weighted by Crippen LogP contribution is 2.01. The molecule has 1 fully saturated rings. The topological polar surface area (TPSA) is 70.2 Å². The number of likely N-dealkylation sites (N-methyl/N-ethyl adjacent to an activating group) is 1. The number of carbonyl (C=O) groups excluding carboxylic acids is 2. The van der Waals surface area contributed by atoms with Crippen LogP contribution >= 0.6 is 0 Å². The van der Waals surface area contributed by atoms with Gasteiger partial charge in [0.1, 0.15) is 0 Å². The largest absolute Gasteiger partial charge is 0.358 e. The van der Waals surface area contributed by atoms with E-state index >= 15 is 0 Å². The molecule has 1 atom stereocenters. The lowest BCUT2D eigenvalue weighted by atomic mass is 10.1. The van der Waals surface area contributed by atoms with Crippen molar-refractivity contribution in [2.45, 2.75) is 18.9 Å². The number of hydrogen-bond acceptors (Lipinski definition) is 3. The van der Waals surface area contributed by atoms with Crippen molar-refractivity contribution >= 4 is 11.8 Å². The quantitative estimate of drug-likeness (QED) is 0.506. The first-order valence-electron chi connectivity index (χ1n) is 4.43. The Kier molecular flexibility index (Phi) is 3.70. The molecule has 0 saturated carbocycles. The van der Waals surface area contributed by atoms with E-state index in [0.29, 0.717) is 19.5 Å². The first-order valence-corrected chi connectivity index (χ1v) is 4.43. The molecule has 2 amide bonds. The standard InChI is InChI=1S/C8H15N3O2/c1-9-8(13)5-10-6-2-3-7(12)11-4-6/h6,10H,2-5H2,1H3,(H,9,13)(H,11,12). The van der Waals surface area contributed by atoms with Crippen LogP contribution in [0, 0.1) is 0 Å². The van der Waals surface area contributed by atoms with Gasteiger partial charge in [0.2, 0.25) is 11.8 Å². The zero-order valence-corrected chi connectivity index (χ0v) is 7.72. The predicted molar refractivity (Wildman–Crippen MR) is 48.1 cm³/mol. The zero-order chi connectivity index (χ0) is 9.68. The number of amides is 2. The fraction of sp³-hybridized carbons (Fsp3) is 0.750. The minimum absolute atomic E-state index is 0.0306. The predicted octanol–water partition coefficient (Wildman–Crippen LogP) is -1.40. The first-order chi connectivity index (χ1) is 6.22. The molecule has 0 radical (unpaired) electrons. The van der Waals surface area contributed by atoms with E-state index in [4.69, 9.17) is 0 Å². The minimum atomic E-state index is -0.0306. The van der Waals surface area contributed by atoms with Crippen LogP contribution in [0.4, 0.5) is 0 Å². The maximum Gasteiger partial charge on any atom is 0.233 e. The highest BCUT2D eigenvalue weighted by atomic mass is 16.2. The fourth-order valence-electron chi connectivity index (χ4n) is 1.23. The van der Waals surface area contributed by atoms with E-state index in [-0.39, 0.29) is 17.9 Å². The second kappa shape index (κ2) is 4.81. The molecule has 5 heteroatoms. The summed E-state index contributed by atoms with van der Waals surface area (Å²) >= 11 is 0. The molecule has 0 spiro atoms. The number of carbonyl (C=O) groups is 2. The molecule has 0 aromatic carbocycles. The normalized spacial score (nSPS) is 22.2. The molecule has 1 aliphatic heterocycles. The maximum atomic E-state index is 10.9. The fourth-order valence-corrected chi connectivity index (χ4v) is 1.23. The lowest BCUT2D eigenvalue weighted by Gasteiger charge is -2.22. The van der Waals surface area contributed by atoms with Gasteiger partial charge in [0.15, 0.2) is 0 Å². The van der Waals surface area contributed by atoms with Crippen LogP contribution in [0.15, 0.2) is 0 Å². The number of hydrogen-bond donors (Lipinski definition) is 3. The summed E-state index contributed by atoms with van der Waals surface area (Å²) in [6.45, 7) is 0.937. The van der Waals surface area contributed by atoms with Crippen molar-refractivity contribution in [2.24, 2.45) is 0 Å². The molecule has 3 N–H and O–H groups in total. The van der Waals surface area contributed by atoms with Gasteiger partial charge in [-0.3, -0.25) is 9.59 Å². The summed E-state index contributed by atoms with van der Waals surface area (Å²) in [7, 11) is 1.60. The summed E-state index contributed by atoms with van der Waals surface area (Å²) in [5.41, 5.74) is 0. The van der Waals surface area contributed by atoms with E-state index in [2.05, 4.69) is 16.0 Å². The molecule has 1 rings (SSSR count). The van der Waals surface area contributed by atoms with Gasteiger partial charge in [-0.25, -0.2) is 0 Å². The number of piperidine rings is 1. The molecule has 1 heterocycles. The lowest BCUT2D eigenvalue weighted by molar-refractivity contribution is -0.122. The molecular weight excluding hydrogens is 170 g/mol. The van der Waals surface area contributed by atoms with E-state index < -0.39 is 0 Å². The monoisotopic (exact) mass is 185 g/mol. The summed E-state index contributed by atoms with van der Waals surface area (Å²) in [5, 5.41) is 8.33. The van der Waals surface area contributed by atoms with Crippen molar-refractivity contribution in [1.82, 2.24) is 16.0 Å². The van der Waals surface area contributed by atoms with E-state index in [1.807, 2.05) is 0 Å². The smallest absolute Gasteiger partial charge is 0.233 e. The third kappa shape index (κ3) is 3.42. The Bertz CT molecular complexity index is 196. The Morgan fingerprint density at radius 2 is 2.46 bits per heavy atom. The maximum absolute atomic E-state index is 10.9. The van der Waals surface area contributed by atoms with Crippen LogP contribution in [0.25, 0.3) is 0 Å². The molecule has 74 valence electrons. The number of nitrogens with one attached hydrogen (secondary N) is 3. The van der Waals surface area contributed by atoms with Crippen LogP contribution < -0.4 is 16.0 Å². The van der Waals surface area contributed by atoms with Gasteiger partial charge in [-0.1, -0.05) is 0 Å². The molecule has 0 aliphatic carbocycles. The van der Waals surface area contributed by atoms with Gasteiger partial charge in [-0.2, -0.15) is 0 Å². The Labute approximate surface area is 77.3 Å². The van der Waals surface area contributed by atoms with Gasteiger partial charge in [-0.05, 0) is 6.42 Å². The molecule has 5 nitrogen and oxygen atoms in total. The highest BCUT2D eigenvalue weighted by molar-refractivity contribution is 5.78. The Morgan fingerprint density at radius 1 is 1.69 bits per heavy atom. The van der Waals surface area contributed by atoms with Gasteiger partial charge in [0.25, 0.3) is 0 Å². The van der Waals surface area contributed by atoms with Crippen LogP contribution in [0.3, 0.4) is 0 Å². The molecule has 0 aromatic heterocycles. The van der Waals surface area contributed by atoms with E-state index in [1.165, 1.54) is 0 Å². The second-order valence-corrected chi connectivity index (χ2v) is 3.09. The third-order valence-electron chi connectivity index (χ3n) is 2.10.